The van der Waals surface area contributed by atoms with Crippen LogP contribution in [0.5, 0.6) is 5.75 Å². The summed E-state index contributed by atoms with van der Waals surface area (Å²) in [6.45, 7) is 2.62. The molecule has 1 aliphatic heterocycles. The van der Waals surface area contributed by atoms with Gasteiger partial charge >= 0.3 is 0 Å². The zero-order valence-electron chi connectivity index (χ0n) is 17.5. The number of ether oxygens (including phenoxy) is 1. The van der Waals surface area contributed by atoms with E-state index in [4.69, 9.17) is 4.74 Å². The number of hydrogen-bond acceptors (Lipinski definition) is 7. The van der Waals surface area contributed by atoms with Crippen LogP contribution >= 0.6 is 0 Å². The highest BCUT2D eigenvalue weighted by atomic mass is 16.5. The molecule has 0 radical (unpaired) electrons. The van der Waals surface area contributed by atoms with Crippen LogP contribution in [0.25, 0.3) is 11.0 Å². The van der Waals surface area contributed by atoms with E-state index in [1.54, 1.807) is 25.4 Å². The van der Waals surface area contributed by atoms with Gasteiger partial charge in [0.15, 0.2) is 5.75 Å². The number of aromatic amines is 1. The number of H-pyrrole nitrogens is 1. The van der Waals surface area contributed by atoms with Crippen LogP contribution in [-0.2, 0) is 6.54 Å². The molecule has 0 aromatic carbocycles. The summed E-state index contributed by atoms with van der Waals surface area (Å²) in [7, 11) is 3.08. The van der Waals surface area contributed by atoms with Crippen LogP contribution in [0.1, 0.15) is 22.5 Å². The van der Waals surface area contributed by atoms with Gasteiger partial charge in [-0.25, -0.2) is 4.98 Å². The van der Waals surface area contributed by atoms with E-state index in [0.29, 0.717) is 23.3 Å². The zero-order chi connectivity index (χ0) is 21.5. The molecule has 1 saturated heterocycles. The number of pyridine rings is 3. The highest BCUT2D eigenvalue weighted by Gasteiger charge is 2.48. The van der Waals surface area contributed by atoms with E-state index < -0.39 is 0 Å². The van der Waals surface area contributed by atoms with E-state index in [1.807, 2.05) is 18.3 Å². The molecule has 5 rings (SSSR count). The molecule has 9 heteroatoms. The van der Waals surface area contributed by atoms with Gasteiger partial charge in [0.1, 0.15) is 5.69 Å². The predicted molar refractivity (Wildman–Crippen MR) is 116 cm³/mol. The van der Waals surface area contributed by atoms with Gasteiger partial charge in [-0.2, -0.15) is 0 Å². The van der Waals surface area contributed by atoms with Crippen molar-refractivity contribution in [3.8, 4) is 5.75 Å². The van der Waals surface area contributed by atoms with Crippen LogP contribution in [0.2, 0.25) is 0 Å². The average Bonchev–Trinajstić information content (AvgIpc) is 3.60. The minimum atomic E-state index is -0.249. The number of carbonyl (C=O) groups is 1. The first kappa shape index (κ1) is 19.5. The number of piperazine rings is 1. The number of aromatic nitrogens is 3. The van der Waals surface area contributed by atoms with Crippen LogP contribution < -0.4 is 20.5 Å². The molecule has 3 aromatic heterocycles. The van der Waals surface area contributed by atoms with Crippen molar-refractivity contribution in [2.24, 2.45) is 0 Å². The first-order valence-electron chi connectivity index (χ1n) is 10.3. The monoisotopic (exact) mass is 420 g/mol. The molecule has 160 valence electrons. The van der Waals surface area contributed by atoms with Crippen molar-refractivity contribution < 1.29 is 9.53 Å². The summed E-state index contributed by atoms with van der Waals surface area (Å²) in [5, 5.41) is 2.59. The minimum Gasteiger partial charge on any atom is -0.491 e. The molecule has 1 saturated carbocycles. The standard InChI is InChI=1S/C22H24N6O3/c1-23-21(29)15-4-3-14(11-25-15)28-6-5-27(18-9-19(18)28)12-13-7-17-16(24-10-13)8-20(31-2)22(30)26-17/h3-4,7-8,10-11,18-19H,5-6,9,12H2,1-2H3,(H,23,29)(H,26,30). The molecule has 0 spiro atoms. The number of amides is 1. The SMILES string of the molecule is CNC(=O)c1ccc(N2CCN(Cc3cnc4cc(OC)c(=O)[nH]c4c3)C3CC32)cn1. The molecule has 0 bridgehead atoms. The topological polar surface area (TPSA) is 103 Å². The fourth-order valence-corrected chi connectivity index (χ4v) is 4.38. The Balaban J connectivity index is 1.27. The van der Waals surface area contributed by atoms with Crippen LogP contribution in [0.3, 0.4) is 0 Å². The molecule has 2 aliphatic rings. The Labute approximate surface area is 179 Å². The largest absolute Gasteiger partial charge is 0.491 e. The third-order valence-electron chi connectivity index (χ3n) is 6.08. The molecule has 2 unspecified atom stereocenters. The maximum absolute atomic E-state index is 12.0. The fraction of sp³-hybridized carbons (Fsp3) is 0.364. The van der Waals surface area contributed by atoms with Gasteiger partial charge in [0.2, 0.25) is 0 Å². The van der Waals surface area contributed by atoms with Crippen molar-refractivity contribution in [3.63, 3.8) is 0 Å². The smallest absolute Gasteiger partial charge is 0.290 e. The number of carbonyl (C=O) groups excluding carboxylic acids is 1. The number of fused-ring (bicyclic) bond motifs is 2. The quantitative estimate of drug-likeness (QED) is 0.638. The maximum atomic E-state index is 12.0. The van der Waals surface area contributed by atoms with Crippen molar-refractivity contribution in [2.45, 2.75) is 25.0 Å². The highest BCUT2D eigenvalue weighted by molar-refractivity contribution is 5.92. The Bertz CT molecular complexity index is 1190. The molecule has 1 aliphatic carbocycles. The molecule has 31 heavy (non-hydrogen) atoms. The van der Waals surface area contributed by atoms with E-state index in [0.717, 1.165) is 42.8 Å². The number of nitrogens with one attached hydrogen (secondary N) is 2. The summed E-state index contributed by atoms with van der Waals surface area (Å²) < 4.78 is 5.07. The van der Waals surface area contributed by atoms with Crippen molar-refractivity contribution in [1.82, 2.24) is 25.2 Å². The molecular weight excluding hydrogens is 396 g/mol. The Hall–Kier alpha value is -3.46. The average molecular weight is 420 g/mol. The third-order valence-corrected chi connectivity index (χ3v) is 6.08. The lowest BCUT2D eigenvalue weighted by Crippen LogP contribution is -2.46. The van der Waals surface area contributed by atoms with Gasteiger partial charge in [-0.1, -0.05) is 0 Å². The number of nitrogens with zero attached hydrogens (tertiary/aromatic N) is 4. The first-order valence-corrected chi connectivity index (χ1v) is 10.3. The van der Waals surface area contributed by atoms with Gasteiger partial charge in [0, 0.05) is 51.0 Å². The molecule has 2 fully saturated rings. The highest BCUT2D eigenvalue weighted by Crippen LogP contribution is 2.40. The Morgan fingerprint density at radius 1 is 1.23 bits per heavy atom. The summed E-state index contributed by atoms with van der Waals surface area (Å²) in [4.78, 5) is 40.2. The van der Waals surface area contributed by atoms with E-state index in [-0.39, 0.29) is 17.2 Å². The van der Waals surface area contributed by atoms with Gasteiger partial charge in [-0.15, -0.1) is 0 Å². The van der Waals surface area contributed by atoms with Crippen molar-refractivity contribution >= 4 is 22.6 Å². The number of hydrogen-bond donors (Lipinski definition) is 2. The second kappa shape index (κ2) is 7.66. The van der Waals surface area contributed by atoms with E-state index in [9.17, 15) is 9.59 Å². The van der Waals surface area contributed by atoms with Crippen LogP contribution in [0.15, 0.2) is 41.5 Å². The molecule has 3 aromatic rings. The van der Waals surface area contributed by atoms with E-state index >= 15 is 0 Å². The van der Waals surface area contributed by atoms with Crippen LogP contribution in [-0.4, -0.2) is 65.1 Å². The van der Waals surface area contributed by atoms with Gasteiger partial charge in [-0.05, 0) is 30.2 Å². The zero-order valence-corrected chi connectivity index (χ0v) is 17.5. The number of anilines is 1. The van der Waals surface area contributed by atoms with E-state index in [1.165, 1.54) is 7.11 Å². The Morgan fingerprint density at radius 3 is 2.84 bits per heavy atom. The van der Waals surface area contributed by atoms with Gasteiger partial charge in [0.05, 0.1) is 30.0 Å². The molecule has 2 atom stereocenters. The minimum absolute atomic E-state index is 0.176. The third kappa shape index (κ3) is 3.61. The Kier molecular flexibility index (Phi) is 4.82. The molecular formula is C22H24N6O3. The second-order valence-corrected chi connectivity index (χ2v) is 7.96. The maximum Gasteiger partial charge on any atom is 0.290 e. The van der Waals surface area contributed by atoms with Gasteiger partial charge in [-0.3, -0.25) is 19.5 Å². The normalized spacial score (nSPS) is 20.4. The molecule has 2 N–H and O–H groups in total. The van der Waals surface area contributed by atoms with Crippen LogP contribution in [0.4, 0.5) is 5.69 Å². The summed E-state index contributed by atoms with van der Waals surface area (Å²) in [5.74, 6) is 0.0898. The van der Waals surface area contributed by atoms with Crippen LogP contribution in [0, 0.1) is 0 Å². The lowest BCUT2D eigenvalue weighted by Gasteiger charge is -2.35. The van der Waals surface area contributed by atoms with Crippen molar-refractivity contribution in [1.29, 1.82) is 0 Å². The lowest BCUT2D eigenvalue weighted by molar-refractivity contribution is 0.0958. The van der Waals surface area contributed by atoms with Crippen molar-refractivity contribution in [2.75, 3.05) is 32.1 Å². The second-order valence-electron chi connectivity index (χ2n) is 7.96. The summed E-state index contributed by atoms with van der Waals surface area (Å²) in [6, 6.07) is 8.34. The predicted octanol–water partition coefficient (Wildman–Crippen LogP) is 1.15. The van der Waals surface area contributed by atoms with E-state index in [2.05, 4.69) is 30.1 Å². The fourth-order valence-electron chi connectivity index (χ4n) is 4.38. The molecule has 9 nitrogen and oxygen atoms in total. The molecule has 1 amide bonds. The first-order chi connectivity index (χ1) is 15.1. The van der Waals surface area contributed by atoms with Gasteiger partial charge in [0.25, 0.3) is 11.5 Å². The van der Waals surface area contributed by atoms with Crippen molar-refractivity contribution in [3.05, 3.63) is 58.3 Å². The lowest BCUT2D eigenvalue weighted by atomic mass is 10.2. The van der Waals surface area contributed by atoms with Gasteiger partial charge < -0.3 is 19.9 Å². The Morgan fingerprint density at radius 2 is 2.10 bits per heavy atom. The summed E-state index contributed by atoms with van der Waals surface area (Å²) in [5.41, 5.74) is 3.74. The number of methoxy groups -OCH3 is 1. The summed E-state index contributed by atoms with van der Waals surface area (Å²) in [6.07, 6.45) is 4.75. The molecule has 4 heterocycles. The number of rotatable bonds is 5. The summed E-state index contributed by atoms with van der Waals surface area (Å²) >= 11 is 0.